The fourth-order valence-electron chi connectivity index (χ4n) is 4.27. The number of hydrogen-bond donors (Lipinski definition) is 1. The van der Waals surface area contributed by atoms with E-state index in [1.165, 1.54) is 25.0 Å². The molecular weight excluding hydrogens is 341 g/mol. The molecule has 3 nitrogen and oxygen atoms in total. The number of piperidine rings is 1. The van der Waals surface area contributed by atoms with Crippen molar-refractivity contribution in [2.45, 2.75) is 57.2 Å². The van der Waals surface area contributed by atoms with E-state index in [1.807, 2.05) is 0 Å². The van der Waals surface area contributed by atoms with Crippen LogP contribution in [0.4, 0.5) is 13.2 Å². The summed E-state index contributed by atoms with van der Waals surface area (Å²) >= 11 is 0. The number of benzene rings is 1. The molecular formula is C20H27F3N2O. The van der Waals surface area contributed by atoms with Gasteiger partial charge < -0.3 is 10.2 Å². The number of hydrogen-bond acceptors (Lipinski definition) is 2. The zero-order valence-corrected chi connectivity index (χ0v) is 15.0. The highest BCUT2D eigenvalue weighted by Crippen LogP contribution is 2.30. The Morgan fingerprint density at radius 2 is 2.04 bits per heavy atom. The van der Waals surface area contributed by atoms with Gasteiger partial charge in [0.1, 0.15) is 0 Å². The van der Waals surface area contributed by atoms with Gasteiger partial charge in [0.15, 0.2) is 0 Å². The molecule has 0 bridgehead atoms. The molecule has 1 aromatic rings. The number of nitrogens with zero attached hydrogens (tertiary/aromatic N) is 1. The van der Waals surface area contributed by atoms with Crippen molar-refractivity contribution in [1.82, 2.24) is 10.2 Å². The van der Waals surface area contributed by atoms with E-state index in [1.54, 1.807) is 6.07 Å². The summed E-state index contributed by atoms with van der Waals surface area (Å²) in [5, 5.41) is 2.94. The predicted octanol–water partition coefficient (Wildman–Crippen LogP) is 4.02. The molecule has 0 radical (unpaired) electrons. The third-order valence-corrected chi connectivity index (χ3v) is 5.63. The maximum absolute atomic E-state index is 12.8. The summed E-state index contributed by atoms with van der Waals surface area (Å²) in [6.45, 7) is 2.82. The Morgan fingerprint density at radius 1 is 1.19 bits per heavy atom. The van der Waals surface area contributed by atoms with E-state index >= 15 is 0 Å². The molecule has 2 aliphatic rings. The molecule has 2 atom stereocenters. The molecule has 2 heterocycles. The number of amides is 1. The molecule has 0 spiro atoms. The first-order chi connectivity index (χ1) is 12.4. The lowest BCUT2D eigenvalue weighted by Crippen LogP contribution is -2.45. The summed E-state index contributed by atoms with van der Waals surface area (Å²) in [6.07, 6.45) is 2.44. The second kappa shape index (κ2) is 8.42. The zero-order valence-electron chi connectivity index (χ0n) is 15.0. The van der Waals surface area contributed by atoms with Crippen molar-refractivity contribution in [3.05, 3.63) is 35.4 Å². The van der Waals surface area contributed by atoms with Crippen molar-refractivity contribution in [3.8, 4) is 0 Å². The topological polar surface area (TPSA) is 32.3 Å². The van der Waals surface area contributed by atoms with Crippen molar-refractivity contribution in [3.63, 3.8) is 0 Å². The van der Waals surface area contributed by atoms with Crippen LogP contribution in [0.3, 0.4) is 0 Å². The summed E-state index contributed by atoms with van der Waals surface area (Å²) in [7, 11) is 0. The number of halogens is 3. The van der Waals surface area contributed by atoms with Gasteiger partial charge in [-0.1, -0.05) is 24.6 Å². The number of alkyl halides is 3. The minimum absolute atomic E-state index is 0.157. The standard InChI is InChI=1S/C20H27F3N2O/c21-20(22,23)17-8-5-7-15(12-17)6-1-3-10-25-11-4-2-9-18(25)16-13-19(26)24-14-16/h5,7-8,12,16,18H,1-4,6,9-11,13-14H2,(H,24,26)/t16-,18-/m1/s1. The van der Waals surface area contributed by atoms with E-state index in [2.05, 4.69) is 10.2 Å². The SMILES string of the molecule is O=C1C[C@@H]([C@H]2CCCCN2CCCCc2cccc(C(F)(F)F)c2)CN1. The molecule has 1 amide bonds. The van der Waals surface area contributed by atoms with E-state index < -0.39 is 11.7 Å². The van der Waals surface area contributed by atoms with Gasteiger partial charge in [-0.3, -0.25) is 4.79 Å². The van der Waals surface area contributed by atoms with Gasteiger partial charge in [0, 0.05) is 24.9 Å². The van der Waals surface area contributed by atoms with Gasteiger partial charge in [-0.05, 0) is 56.8 Å². The van der Waals surface area contributed by atoms with Gasteiger partial charge in [0.25, 0.3) is 0 Å². The molecule has 2 aliphatic heterocycles. The zero-order chi connectivity index (χ0) is 18.6. The van der Waals surface area contributed by atoms with Crippen LogP contribution in [-0.4, -0.2) is 36.5 Å². The summed E-state index contributed by atoms with van der Waals surface area (Å²) in [5.74, 6) is 0.566. The third-order valence-electron chi connectivity index (χ3n) is 5.63. The predicted molar refractivity (Wildman–Crippen MR) is 94.7 cm³/mol. The Kier molecular flexibility index (Phi) is 6.22. The second-order valence-electron chi connectivity index (χ2n) is 7.52. The van der Waals surface area contributed by atoms with Crippen LogP contribution in [-0.2, 0) is 17.4 Å². The Hall–Kier alpha value is -1.56. The van der Waals surface area contributed by atoms with Crippen molar-refractivity contribution >= 4 is 5.91 Å². The van der Waals surface area contributed by atoms with E-state index in [0.717, 1.165) is 50.5 Å². The quantitative estimate of drug-likeness (QED) is 0.769. The van der Waals surface area contributed by atoms with Crippen LogP contribution in [0.15, 0.2) is 24.3 Å². The normalized spacial score (nSPS) is 24.7. The maximum Gasteiger partial charge on any atom is 0.416 e. The summed E-state index contributed by atoms with van der Waals surface area (Å²) < 4.78 is 38.3. The molecule has 3 rings (SSSR count). The Bertz CT molecular complexity index is 617. The van der Waals surface area contributed by atoms with Crippen LogP contribution in [0.25, 0.3) is 0 Å². The smallest absolute Gasteiger partial charge is 0.356 e. The minimum atomic E-state index is -4.27. The summed E-state index contributed by atoms with van der Waals surface area (Å²) in [5.41, 5.74) is 0.185. The first-order valence-electron chi connectivity index (χ1n) is 9.60. The minimum Gasteiger partial charge on any atom is -0.356 e. The molecule has 144 valence electrons. The first kappa shape index (κ1) is 19.2. The van der Waals surface area contributed by atoms with E-state index in [-0.39, 0.29) is 5.91 Å². The molecule has 1 aromatic carbocycles. The summed E-state index contributed by atoms with van der Waals surface area (Å²) in [4.78, 5) is 14.0. The van der Waals surface area contributed by atoms with Crippen LogP contribution in [0.2, 0.25) is 0 Å². The van der Waals surface area contributed by atoms with Gasteiger partial charge in [0.05, 0.1) is 5.56 Å². The van der Waals surface area contributed by atoms with Crippen molar-refractivity contribution in [2.24, 2.45) is 5.92 Å². The molecule has 2 fully saturated rings. The van der Waals surface area contributed by atoms with Crippen LogP contribution in [0.5, 0.6) is 0 Å². The van der Waals surface area contributed by atoms with E-state index in [0.29, 0.717) is 24.8 Å². The Labute approximate surface area is 152 Å². The Balaban J connectivity index is 1.47. The fourth-order valence-corrected chi connectivity index (χ4v) is 4.27. The number of rotatable bonds is 6. The van der Waals surface area contributed by atoms with E-state index in [4.69, 9.17) is 0 Å². The van der Waals surface area contributed by atoms with Gasteiger partial charge in [-0.15, -0.1) is 0 Å². The highest BCUT2D eigenvalue weighted by atomic mass is 19.4. The summed E-state index contributed by atoms with van der Waals surface area (Å²) in [6, 6.07) is 6.12. The molecule has 1 N–H and O–H groups in total. The van der Waals surface area contributed by atoms with Crippen LogP contribution in [0, 0.1) is 5.92 Å². The molecule has 2 saturated heterocycles. The van der Waals surface area contributed by atoms with Gasteiger partial charge in [-0.2, -0.15) is 13.2 Å². The van der Waals surface area contributed by atoms with E-state index in [9.17, 15) is 18.0 Å². The first-order valence-corrected chi connectivity index (χ1v) is 9.60. The van der Waals surface area contributed by atoms with Crippen LogP contribution in [0.1, 0.15) is 49.7 Å². The molecule has 0 aliphatic carbocycles. The molecule has 6 heteroatoms. The number of nitrogens with one attached hydrogen (secondary N) is 1. The number of likely N-dealkylation sites (tertiary alicyclic amines) is 1. The second-order valence-corrected chi connectivity index (χ2v) is 7.52. The molecule has 0 aromatic heterocycles. The largest absolute Gasteiger partial charge is 0.416 e. The molecule has 26 heavy (non-hydrogen) atoms. The average Bonchev–Trinajstić information content (AvgIpc) is 3.05. The Morgan fingerprint density at radius 3 is 2.77 bits per heavy atom. The lowest BCUT2D eigenvalue weighted by molar-refractivity contribution is -0.137. The fraction of sp³-hybridized carbons (Fsp3) is 0.650. The molecule has 0 unspecified atom stereocenters. The highest BCUT2D eigenvalue weighted by molar-refractivity contribution is 5.78. The number of carbonyl (C=O) groups is 1. The monoisotopic (exact) mass is 368 g/mol. The molecule has 0 saturated carbocycles. The van der Waals surface area contributed by atoms with Gasteiger partial charge >= 0.3 is 6.18 Å². The highest BCUT2D eigenvalue weighted by Gasteiger charge is 2.34. The van der Waals surface area contributed by atoms with Crippen molar-refractivity contribution in [1.29, 1.82) is 0 Å². The lowest BCUT2D eigenvalue weighted by atomic mass is 9.89. The lowest BCUT2D eigenvalue weighted by Gasteiger charge is -2.38. The van der Waals surface area contributed by atoms with Gasteiger partial charge in [0.2, 0.25) is 5.91 Å². The number of carbonyl (C=O) groups excluding carboxylic acids is 1. The number of unbranched alkanes of at least 4 members (excludes halogenated alkanes) is 1. The van der Waals surface area contributed by atoms with Crippen LogP contribution < -0.4 is 5.32 Å². The van der Waals surface area contributed by atoms with Crippen molar-refractivity contribution < 1.29 is 18.0 Å². The van der Waals surface area contributed by atoms with Crippen LogP contribution >= 0.6 is 0 Å². The van der Waals surface area contributed by atoms with Crippen molar-refractivity contribution in [2.75, 3.05) is 19.6 Å². The number of aryl methyl sites for hydroxylation is 1. The van der Waals surface area contributed by atoms with Gasteiger partial charge in [-0.25, -0.2) is 0 Å². The average molecular weight is 368 g/mol. The third kappa shape index (κ3) is 5.00. The maximum atomic E-state index is 12.8.